The quantitative estimate of drug-likeness (QED) is 0.784. The molecule has 3 N–H and O–H groups in total. The summed E-state index contributed by atoms with van der Waals surface area (Å²) >= 11 is 0. The number of halogens is 3. The molecule has 1 aliphatic rings. The lowest BCUT2D eigenvalue weighted by atomic mass is 9.96. The van der Waals surface area contributed by atoms with E-state index in [0.29, 0.717) is 0 Å². The molecule has 0 atom stereocenters. The fourth-order valence-corrected chi connectivity index (χ4v) is 1.93. The van der Waals surface area contributed by atoms with Crippen molar-refractivity contribution in [3.05, 3.63) is 5.82 Å². The van der Waals surface area contributed by atoms with Gasteiger partial charge in [-0.25, -0.2) is 0 Å². The lowest BCUT2D eigenvalue weighted by Gasteiger charge is -2.32. The fourth-order valence-electron chi connectivity index (χ4n) is 1.93. The van der Waals surface area contributed by atoms with Gasteiger partial charge in [0, 0.05) is 13.1 Å². The molecule has 100 valence electrons. The van der Waals surface area contributed by atoms with Gasteiger partial charge in [-0.05, 0) is 12.8 Å². The van der Waals surface area contributed by atoms with Crippen molar-refractivity contribution in [1.29, 1.82) is 0 Å². The number of aromatic nitrogens is 3. The predicted octanol–water partition coefficient (Wildman–Crippen LogP) is 0.801. The van der Waals surface area contributed by atoms with E-state index in [-0.39, 0.29) is 37.7 Å². The number of piperidine rings is 1. The van der Waals surface area contributed by atoms with Gasteiger partial charge in [0.1, 0.15) is 0 Å². The summed E-state index contributed by atoms with van der Waals surface area (Å²) in [5, 5.41) is 5.85. The first kappa shape index (κ1) is 12.7. The molecular formula is C9H12F3N5O. The van der Waals surface area contributed by atoms with Crippen molar-refractivity contribution >= 4 is 11.9 Å². The number of alkyl halides is 3. The van der Waals surface area contributed by atoms with Crippen LogP contribution in [0, 0.1) is 5.92 Å². The number of aromatic amines is 1. The van der Waals surface area contributed by atoms with Crippen molar-refractivity contribution in [2.24, 2.45) is 5.92 Å². The highest BCUT2D eigenvalue weighted by molar-refractivity contribution is 5.90. The average molecular weight is 263 g/mol. The molecule has 6 nitrogen and oxygen atoms in total. The van der Waals surface area contributed by atoms with Crippen molar-refractivity contribution in [3.63, 3.8) is 0 Å². The predicted molar refractivity (Wildman–Crippen MR) is 55.5 cm³/mol. The smallest absolute Gasteiger partial charge is 0.366 e. The number of anilines is 1. The van der Waals surface area contributed by atoms with Crippen LogP contribution >= 0.6 is 0 Å². The van der Waals surface area contributed by atoms with Gasteiger partial charge in [0.25, 0.3) is 5.91 Å². The van der Waals surface area contributed by atoms with Crippen LogP contribution in [0.5, 0.6) is 0 Å². The maximum absolute atomic E-state index is 12.4. The zero-order chi connectivity index (χ0) is 13.3. The number of H-pyrrole nitrogens is 1. The highest BCUT2D eigenvalue weighted by Gasteiger charge is 2.42. The Labute approximate surface area is 100 Å². The Hall–Kier alpha value is -1.80. The Bertz CT molecular complexity index is 436. The average Bonchev–Trinajstić information content (AvgIpc) is 2.74. The number of nitrogen functional groups attached to an aromatic ring is 1. The fraction of sp³-hybridized carbons (Fsp3) is 0.667. The Morgan fingerprint density at radius 3 is 2.44 bits per heavy atom. The third-order valence-electron chi connectivity index (χ3n) is 2.95. The monoisotopic (exact) mass is 263 g/mol. The van der Waals surface area contributed by atoms with Gasteiger partial charge in [-0.1, -0.05) is 0 Å². The third-order valence-corrected chi connectivity index (χ3v) is 2.95. The minimum absolute atomic E-state index is 0.0436. The van der Waals surface area contributed by atoms with E-state index >= 15 is 0 Å². The van der Waals surface area contributed by atoms with Crippen LogP contribution in [0.4, 0.5) is 19.1 Å². The van der Waals surface area contributed by atoms with Crippen LogP contribution in [-0.2, 0) is 0 Å². The zero-order valence-corrected chi connectivity index (χ0v) is 9.37. The standard InChI is InChI=1S/C9H12F3N5O/c10-9(11,12)5-1-3-17(4-2-5)7(18)6-14-8(13)16-15-6/h5H,1-4H2,(H3,13,14,15,16). The molecule has 1 saturated heterocycles. The third kappa shape index (κ3) is 2.54. The molecule has 0 aromatic carbocycles. The van der Waals surface area contributed by atoms with Gasteiger partial charge in [0.15, 0.2) is 0 Å². The molecule has 0 bridgehead atoms. The highest BCUT2D eigenvalue weighted by atomic mass is 19.4. The van der Waals surface area contributed by atoms with E-state index in [1.807, 2.05) is 0 Å². The maximum Gasteiger partial charge on any atom is 0.391 e. The number of amides is 1. The van der Waals surface area contributed by atoms with Crippen LogP contribution in [0.3, 0.4) is 0 Å². The molecule has 0 radical (unpaired) electrons. The number of hydrogen-bond acceptors (Lipinski definition) is 4. The topological polar surface area (TPSA) is 87.9 Å². The lowest BCUT2D eigenvalue weighted by Crippen LogP contribution is -2.42. The lowest BCUT2D eigenvalue weighted by molar-refractivity contribution is -0.183. The first-order chi connectivity index (χ1) is 8.38. The van der Waals surface area contributed by atoms with Gasteiger partial charge >= 0.3 is 6.18 Å². The molecule has 1 amide bonds. The second-order valence-corrected chi connectivity index (χ2v) is 4.15. The summed E-state index contributed by atoms with van der Waals surface area (Å²) in [6, 6.07) is 0. The molecule has 0 spiro atoms. The minimum atomic E-state index is -4.19. The molecule has 1 aromatic heterocycles. The summed E-state index contributed by atoms with van der Waals surface area (Å²) in [6.07, 6.45) is -4.36. The summed E-state index contributed by atoms with van der Waals surface area (Å²) in [6.45, 7) is 0.118. The first-order valence-corrected chi connectivity index (χ1v) is 5.42. The van der Waals surface area contributed by atoms with Crippen molar-refractivity contribution in [2.75, 3.05) is 18.8 Å². The SMILES string of the molecule is Nc1n[nH]c(C(=O)N2CCC(C(F)(F)F)CC2)n1. The van der Waals surface area contributed by atoms with Gasteiger partial charge < -0.3 is 10.6 Å². The molecule has 18 heavy (non-hydrogen) atoms. The molecule has 2 rings (SSSR count). The van der Waals surface area contributed by atoms with Crippen molar-refractivity contribution in [1.82, 2.24) is 20.1 Å². The van der Waals surface area contributed by atoms with E-state index in [0.717, 1.165) is 0 Å². The molecule has 2 heterocycles. The maximum atomic E-state index is 12.4. The first-order valence-electron chi connectivity index (χ1n) is 5.42. The molecular weight excluding hydrogens is 251 g/mol. The largest absolute Gasteiger partial charge is 0.391 e. The second kappa shape index (κ2) is 4.46. The molecule has 1 aliphatic heterocycles. The van der Waals surface area contributed by atoms with Crippen molar-refractivity contribution in [3.8, 4) is 0 Å². The number of nitrogens with zero attached hydrogens (tertiary/aromatic N) is 3. The van der Waals surface area contributed by atoms with Crippen LogP contribution in [0.1, 0.15) is 23.5 Å². The highest BCUT2D eigenvalue weighted by Crippen LogP contribution is 2.34. The van der Waals surface area contributed by atoms with E-state index in [4.69, 9.17) is 5.73 Å². The number of likely N-dealkylation sites (tertiary alicyclic amines) is 1. The number of hydrogen-bond donors (Lipinski definition) is 2. The second-order valence-electron chi connectivity index (χ2n) is 4.15. The van der Waals surface area contributed by atoms with Crippen LogP contribution in [0.2, 0.25) is 0 Å². The van der Waals surface area contributed by atoms with Crippen LogP contribution in [-0.4, -0.2) is 45.3 Å². The zero-order valence-electron chi connectivity index (χ0n) is 9.37. The van der Waals surface area contributed by atoms with Gasteiger partial charge in [0.05, 0.1) is 5.92 Å². The Morgan fingerprint density at radius 2 is 2.00 bits per heavy atom. The molecule has 1 fully saturated rings. The van der Waals surface area contributed by atoms with E-state index in [2.05, 4.69) is 15.2 Å². The van der Waals surface area contributed by atoms with E-state index in [1.54, 1.807) is 0 Å². The number of carbonyl (C=O) groups is 1. The number of nitrogens with two attached hydrogens (primary N) is 1. The molecule has 0 unspecified atom stereocenters. The Morgan fingerprint density at radius 1 is 1.39 bits per heavy atom. The minimum Gasteiger partial charge on any atom is -0.366 e. The molecule has 0 aliphatic carbocycles. The van der Waals surface area contributed by atoms with E-state index < -0.39 is 18.0 Å². The summed E-state index contributed by atoms with van der Waals surface area (Å²) in [5.74, 6) is -1.91. The molecule has 0 saturated carbocycles. The van der Waals surface area contributed by atoms with Crippen molar-refractivity contribution in [2.45, 2.75) is 19.0 Å². The summed E-state index contributed by atoms with van der Waals surface area (Å²) in [7, 11) is 0. The van der Waals surface area contributed by atoms with Gasteiger partial charge in [0.2, 0.25) is 11.8 Å². The van der Waals surface area contributed by atoms with Crippen LogP contribution < -0.4 is 5.73 Å². The van der Waals surface area contributed by atoms with Crippen molar-refractivity contribution < 1.29 is 18.0 Å². The van der Waals surface area contributed by atoms with Crippen LogP contribution in [0.25, 0.3) is 0 Å². The summed E-state index contributed by atoms with van der Waals surface area (Å²) < 4.78 is 37.3. The number of rotatable bonds is 1. The van der Waals surface area contributed by atoms with Gasteiger partial charge in [-0.2, -0.15) is 18.2 Å². The molecule has 1 aromatic rings. The Kier molecular flexibility index (Phi) is 3.14. The van der Waals surface area contributed by atoms with E-state index in [1.165, 1.54) is 4.90 Å². The Balaban J connectivity index is 1.96. The van der Waals surface area contributed by atoms with Gasteiger partial charge in [-0.3, -0.25) is 9.89 Å². The summed E-state index contributed by atoms with van der Waals surface area (Å²) in [4.78, 5) is 16.8. The number of nitrogens with one attached hydrogen (secondary N) is 1. The van der Waals surface area contributed by atoms with E-state index in [9.17, 15) is 18.0 Å². The summed E-state index contributed by atoms with van der Waals surface area (Å²) in [5.41, 5.74) is 5.25. The van der Waals surface area contributed by atoms with Gasteiger partial charge in [-0.15, -0.1) is 5.10 Å². The number of carbonyl (C=O) groups excluding carboxylic acids is 1. The van der Waals surface area contributed by atoms with Crippen LogP contribution in [0.15, 0.2) is 0 Å². The molecule has 9 heteroatoms. The normalized spacial score (nSPS) is 18.1.